The number of benzene rings is 1. The first-order valence-electron chi connectivity index (χ1n) is 10.1. The molecule has 0 radical (unpaired) electrons. The lowest BCUT2D eigenvalue weighted by molar-refractivity contribution is -0.291. The molecule has 0 unspecified atom stereocenters. The average Bonchev–Trinajstić information content (AvgIpc) is 3.48. The van der Waals surface area contributed by atoms with Gasteiger partial charge in [0, 0.05) is 6.42 Å². The minimum atomic E-state index is -2.48. The third-order valence-electron chi connectivity index (χ3n) is 5.05. The summed E-state index contributed by atoms with van der Waals surface area (Å²) in [5, 5.41) is 21.6. The number of hydrogen-bond acceptors (Lipinski definition) is 9. The second kappa shape index (κ2) is 9.40. The van der Waals surface area contributed by atoms with Crippen LogP contribution in [0.5, 0.6) is 0 Å². The van der Waals surface area contributed by atoms with Crippen LogP contribution in [0.4, 0.5) is 0 Å². The third kappa shape index (κ3) is 5.16. The molecule has 2 N–H and O–H groups in total. The van der Waals surface area contributed by atoms with Gasteiger partial charge in [-0.05, 0) is 19.4 Å². The molecule has 0 spiro atoms. The molecule has 0 aromatic heterocycles. The maximum atomic E-state index is 12.3. The van der Waals surface area contributed by atoms with Crippen LogP contribution in [0.15, 0.2) is 30.3 Å². The predicted octanol–water partition coefficient (Wildman–Crippen LogP) is 0.695. The lowest BCUT2D eigenvalue weighted by atomic mass is 9.83. The van der Waals surface area contributed by atoms with Crippen molar-refractivity contribution in [1.82, 2.24) is 0 Å². The van der Waals surface area contributed by atoms with Crippen LogP contribution in [0.1, 0.15) is 32.3 Å². The van der Waals surface area contributed by atoms with E-state index in [1.165, 1.54) is 0 Å². The van der Waals surface area contributed by atoms with E-state index in [4.69, 9.17) is 23.7 Å². The van der Waals surface area contributed by atoms with E-state index in [1.54, 1.807) is 13.8 Å². The monoisotopic (exact) mass is 424 g/mol. The van der Waals surface area contributed by atoms with Crippen LogP contribution in [-0.4, -0.2) is 71.7 Å². The van der Waals surface area contributed by atoms with E-state index in [-0.39, 0.29) is 32.3 Å². The Morgan fingerprint density at radius 3 is 2.43 bits per heavy atom. The smallest absolute Gasteiger partial charge is 0.366 e. The van der Waals surface area contributed by atoms with E-state index in [0.29, 0.717) is 6.61 Å². The number of ether oxygens (including phenoxy) is 5. The molecule has 3 rings (SSSR count). The van der Waals surface area contributed by atoms with Gasteiger partial charge < -0.3 is 33.9 Å². The zero-order valence-electron chi connectivity index (χ0n) is 17.1. The molecule has 0 saturated carbocycles. The number of rotatable bonds is 9. The van der Waals surface area contributed by atoms with Gasteiger partial charge in [0.1, 0.15) is 12.2 Å². The van der Waals surface area contributed by atoms with Gasteiger partial charge in [0.25, 0.3) is 5.79 Å². The van der Waals surface area contributed by atoms with Crippen LogP contribution in [-0.2, 0) is 39.9 Å². The molecule has 2 heterocycles. The molecule has 2 saturated heterocycles. The number of aliphatic hydroxyl groups is 2. The molecule has 9 heteroatoms. The van der Waals surface area contributed by atoms with Crippen LogP contribution in [0.25, 0.3) is 0 Å². The molecular formula is C21H28O9. The van der Waals surface area contributed by atoms with Gasteiger partial charge in [-0.25, -0.2) is 9.59 Å². The van der Waals surface area contributed by atoms with Gasteiger partial charge >= 0.3 is 11.9 Å². The summed E-state index contributed by atoms with van der Waals surface area (Å²) >= 11 is 0. The van der Waals surface area contributed by atoms with Crippen molar-refractivity contribution in [3.63, 3.8) is 0 Å². The fourth-order valence-electron chi connectivity index (χ4n) is 3.59. The van der Waals surface area contributed by atoms with Crippen LogP contribution in [0.2, 0.25) is 0 Å². The molecule has 2 aliphatic rings. The normalized spacial score (nSPS) is 33.0. The van der Waals surface area contributed by atoms with E-state index in [2.05, 4.69) is 0 Å². The van der Waals surface area contributed by atoms with Crippen molar-refractivity contribution in [3.8, 4) is 0 Å². The van der Waals surface area contributed by atoms with Gasteiger partial charge in [-0.1, -0.05) is 30.3 Å². The topological polar surface area (TPSA) is 124 Å². The van der Waals surface area contributed by atoms with Crippen molar-refractivity contribution in [2.75, 3.05) is 19.8 Å². The Morgan fingerprint density at radius 1 is 1.10 bits per heavy atom. The van der Waals surface area contributed by atoms with Gasteiger partial charge in [-0.2, -0.15) is 0 Å². The molecule has 5 atom stereocenters. The average molecular weight is 424 g/mol. The van der Waals surface area contributed by atoms with Gasteiger partial charge in [-0.15, -0.1) is 0 Å². The fourth-order valence-corrected chi connectivity index (χ4v) is 3.59. The number of hydrogen-bond donors (Lipinski definition) is 2. The second-order valence-electron chi connectivity index (χ2n) is 7.43. The first kappa shape index (κ1) is 22.6. The number of carbonyl (C=O) groups excluding carboxylic acids is 2. The predicted molar refractivity (Wildman–Crippen MR) is 102 cm³/mol. The largest absolute Gasteiger partial charge is 0.464 e. The molecule has 0 bridgehead atoms. The molecule has 1 aromatic carbocycles. The molecule has 166 valence electrons. The summed E-state index contributed by atoms with van der Waals surface area (Å²) in [5.74, 6) is -4.49. The van der Waals surface area contributed by atoms with Crippen molar-refractivity contribution in [3.05, 3.63) is 35.9 Å². The molecule has 0 aliphatic carbocycles. The third-order valence-corrected chi connectivity index (χ3v) is 5.05. The minimum absolute atomic E-state index is 0.00286. The molecule has 2 aliphatic heterocycles. The Labute approximate surface area is 174 Å². The highest BCUT2D eigenvalue weighted by Crippen LogP contribution is 2.42. The molecule has 1 aromatic rings. The maximum absolute atomic E-state index is 12.3. The summed E-state index contributed by atoms with van der Waals surface area (Å²) in [6.07, 6.45) is -2.70. The SMILES string of the molecule is CCOC(=O)[C@]1(O)C[C@H]([C@H]2O[C@@H]2COCc2ccccc2)O[C@](O)(C(=O)OCC)C1. The Kier molecular flexibility index (Phi) is 7.10. The lowest BCUT2D eigenvalue weighted by Crippen LogP contribution is -2.61. The highest BCUT2D eigenvalue weighted by atomic mass is 16.7. The maximum Gasteiger partial charge on any atom is 0.366 e. The van der Waals surface area contributed by atoms with Crippen molar-refractivity contribution < 1.29 is 43.5 Å². The number of epoxide rings is 1. The van der Waals surface area contributed by atoms with Crippen molar-refractivity contribution in [2.24, 2.45) is 0 Å². The summed E-state index contributed by atoms with van der Waals surface area (Å²) in [7, 11) is 0. The quantitative estimate of drug-likeness (QED) is 0.435. The summed E-state index contributed by atoms with van der Waals surface area (Å²) in [5.41, 5.74) is -1.10. The zero-order chi connectivity index (χ0) is 21.8. The number of carbonyl (C=O) groups is 2. The Hall–Kier alpha value is -2.04. The van der Waals surface area contributed by atoms with Crippen LogP contribution in [0, 0.1) is 0 Å². The highest BCUT2D eigenvalue weighted by molar-refractivity contribution is 5.83. The molecule has 30 heavy (non-hydrogen) atoms. The number of esters is 2. The second-order valence-corrected chi connectivity index (χ2v) is 7.43. The minimum Gasteiger partial charge on any atom is -0.464 e. The fraction of sp³-hybridized carbons (Fsp3) is 0.619. The molecular weight excluding hydrogens is 396 g/mol. The Bertz CT molecular complexity index is 707. The van der Waals surface area contributed by atoms with Crippen LogP contribution >= 0.6 is 0 Å². The van der Waals surface area contributed by atoms with Gasteiger partial charge in [0.2, 0.25) is 0 Å². The van der Waals surface area contributed by atoms with E-state index >= 15 is 0 Å². The van der Waals surface area contributed by atoms with E-state index in [9.17, 15) is 19.8 Å². The van der Waals surface area contributed by atoms with E-state index < -0.39 is 42.0 Å². The summed E-state index contributed by atoms with van der Waals surface area (Å²) < 4.78 is 26.6. The van der Waals surface area contributed by atoms with Gasteiger partial charge in [-0.3, -0.25) is 0 Å². The van der Waals surface area contributed by atoms with Crippen LogP contribution in [0.3, 0.4) is 0 Å². The zero-order valence-corrected chi connectivity index (χ0v) is 17.1. The van der Waals surface area contributed by atoms with E-state index in [1.807, 2.05) is 30.3 Å². The van der Waals surface area contributed by atoms with Crippen LogP contribution < -0.4 is 0 Å². The van der Waals surface area contributed by atoms with Crippen molar-refractivity contribution >= 4 is 11.9 Å². The molecule has 2 fully saturated rings. The standard InChI is InChI=1S/C21H28O9/c1-3-27-18(22)20(24)10-15(30-21(25,13-20)19(23)28-4-2)17-16(29-17)12-26-11-14-8-6-5-7-9-14/h5-9,15-17,24-25H,3-4,10-13H2,1-2H3/t15-,16-,17-,20+,21+/m1/s1. The van der Waals surface area contributed by atoms with Crippen molar-refractivity contribution in [1.29, 1.82) is 0 Å². The first-order chi connectivity index (χ1) is 14.3. The lowest BCUT2D eigenvalue weighted by Gasteiger charge is -2.42. The van der Waals surface area contributed by atoms with Gasteiger partial charge in [0.05, 0.1) is 39.0 Å². The van der Waals surface area contributed by atoms with Crippen molar-refractivity contribution in [2.45, 2.75) is 63.0 Å². The Morgan fingerprint density at radius 2 is 1.77 bits per heavy atom. The Balaban J connectivity index is 1.64. The summed E-state index contributed by atoms with van der Waals surface area (Å²) in [4.78, 5) is 24.6. The molecule has 0 amide bonds. The van der Waals surface area contributed by atoms with Gasteiger partial charge in [0.15, 0.2) is 5.60 Å². The summed E-state index contributed by atoms with van der Waals surface area (Å²) in [6.45, 7) is 3.87. The summed E-state index contributed by atoms with van der Waals surface area (Å²) in [6, 6.07) is 9.62. The highest BCUT2D eigenvalue weighted by Gasteiger charge is 2.61. The first-order valence-corrected chi connectivity index (χ1v) is 10.1. The molecule has 9 nitrogen and oxygen atoms in total. The van der Waals surface area contributed by atoms with E-state index in [0.717, 1.165) is 5.56 Å².